The molecule has 1 aromatic carbocycles. The summed E-state index contributed by atoms with van der Waals surface area (Å²) >= 11 is 0. The third-order valence-corrected chi connectivity index (χ3v) is 2.88. The average Bonchev–Trinajstić information content (AvgIpc) is 2.61. The molecule has 0 bridgehead atoms. The molecule has 0 radical (unpaired) electrons. The fourth-order valence-electron chi connectivity index (χ4n) is 2.12. The quantitative estimate of drug-likeness (QED) is 0.685. The molecule has 1 unspecified atom stereocenters. The topological polar surface area (TPSA) is 60.9 Å². The van der Waals surface area contributed by atoms with E-state index >= 15 is 0 Å². The van der Waals surface area contributed by atoms with E-state index in [4.69, 9.17) is 5.73 Å². The number of aromatic nitrogens is 2. The van der Waals surface area contributed by atoms with E-state index in [1.54, 1.807) is 10.6 Å². The summed E-state index contributed by atoms with van der Waals surface area (Å²) in [7, 11) is 0. The zero-order valence-electron chi connectivity index (χ0n) is 8.18. The smallest absolute Gasteiger partial charge is 0.262 e. The Morgan fingerprint density at radius 3 is 3.07 bits per heavy atom. The second-order valence-electron chi connectivity index (χ2n) is 3.83. The minimum absolute atomic E-state index is 0.0133. The third kappa shape index (κ3) is 1.11. The van der Waals surface area contributed by atoms with Crippen LogP contribution < -0.4 is 11.3 Å². The number of benzene rings is 1. The van der Waals surface area contributed by atoms with Crippen molar-refractivity contribution in [2.75, 3.05) is 0 Å². The highest BCUT2D eigenvalue weighted by atomic mass is 16.1. The molecule has 4 nitrogen and oxygen atoms in total. The molecule has 1 aromatic heterocycles. The van der Waals surface area contributed by atoms with Crippen LogP contribution in [-0.4, -0.2) is 9.55 Å². The predicted molar refractivity (Wildman–Crippen MR) is 57.5 cm³/mol. The Kier molecular flexibility index (Phi) is 1.67. The van der Waals surface area contributed by atoms with Crippen LogP contribution in [0.2, 0.25) is 0 Å². The molecule has 1 aliphatic heterocycles. The fourth-order valence-corrected chi connectivity index (χ4v) is 2.12. The number of hydrogen-bond donors (Lipinski definition) is 1. The van der Waals surface area contributed by atoms with Gasteiger partial charge >= 0.3 is 0 Å². The van der Waals surface area contributed by atoms with E-state index < -0.39 is 0 Å². The summed E-state index contributed by atoms with van der Waals surface area (Å²) in [5, 5.41) is 0.651. The number of rotatable bonds is 0. The SMILES string of the molecule is NC1CCc2nc3ccccc3c(=O)n21. The number of nitrogens with two attached hydrogens (primary N) is 1. The molecule has 2 heterocycles. The molecule has 76 valence electrons. The molecule has 2 N–H and O–H groups in total. The molecular formula is C11H11N3O. The van der Waals surface area contributed by atoms with E-state index in [0.717, 1.165) is 24.2 Å². The van der Waals surface area contributed by atoms with Crippen LogP contribution in [0.15, 0.2) is 29.1 Å². The first-order valence-corrected chi connectivity index (χ1v) is 5.03. The van der Waals surface area contributed by atoms with Crippen molar-refractivity contribution < 1.29 is 0 Å². The normalized spacial score (nSPS) is 19.4. The van der Waals surface area contributed by atoms with Gasteiger partial charge in [0.05, 0.1) is 17.1 Å². The minimum Gasteiger partial charge on any atom is -0.311 e. The van der Waals surface area contributed by atoms with E-state index in [9.17, 15) is 4.79 Å². The van der Waals surface area contributed by atoms with E-state index in [1.807, 2.05) is 18.2 Å². The Balaban J connectivity index is 2.47. The molecule has 0 saturated heterocycles. The van der Waals surface area contributed by atoms with Crippen molar-refractivity contribution in [3.63, 3.8) is 0 Å². The molecule has 15 heavy (non-hydrogen) atoms. The molecule has 0 saturated carbocycles. The van der Waals surface area contributed by atoms with Crippen LogP contribution in [0.5, 0.6) is 0 Å². The van der Waals surface area contributed by atoms with Crippen molar-refractivity contribution in [2.45, 2.75) is 19.0 Å². The highest BCUT2D eigenvalue weighted by Crippen LogP contribution is 2.19. The van der Waals surface area contributed by atoms with E-state index in [-0.39, 0.29) is 11.7 Å². The van der Waals surface area contributed by atoms with Crippen LogP contribution >= 0.6 is 0 Å². The van der Waals surface area contributed by atoms with E-state index in [0.29, 0.717) is 5.39 Å². The number of aryl methyl sites for hydroxylation is 1. The van der Waals surface area contributed by atoms with Crippen molar-refractivity contribution in [1.82, 2.24) is 9.55 Å². The number of fused-ring (bicyclic) bond motifs is 2. The van der Waals surface area contributed by atoms with Gasteiger partial charge in [-0.1, -0.05) is 12.1 Å². The maximum atomic E-state index is 12.1. The van der Waals surface area contributed by atoms with Crippen molar-refractivity contribution in [1.29, 1.82) is 0 Å². The molecule has 1 aliphatic rings. The Morgan fingerprint density at radius 1 is 1.40 bits per heavy atom. The largest absolute Gasteiger partial charge is 0.311 e. The molecule has 4 heteroatoms. The molecule has 0 aliphatic carbocycles. The molecular weight excluding hydrogens is 190 g/mol. The second-order valence-corrected chi connectivity index (χ2v) is 3.83. The maximum absolute atomic E-state index is 12.1. The van der Waals surface area contributed by atoms with Crippen molar-refractivity contribution in [3.05, 3.63) is 40.4 Å². The first-order chi connectivity index (χ1) is 7.27. The van der Waals surface area contributed by atoms with Gasteiger partial charge in [-0.05, 0) is 18.6 Å². The van der Waals surface area contributed by atoms with E-state index in [2.05, 4.69) is 4.98 Å². The van der Waals surface area contributed by atoms with Gasteiger partial charge in [-0.2, -0.15) is 0 Å². The lowest BCUT2D eigenvalue weighted by Gasteiger charge is -2.09. The Bertz CT molecular complexity index is 588. The summed E-state index contributed by atoms with van der Waals surface area (Å²) in [6.07, 6.45) is 1.39. The molecule has 0 spiro atoms. The number of hydrogen-bond acceptors (Lipinski definition) is 3. The summed E-state index contributed by atoms with van der Waals surface area (Å²) in [6.45, 7) is 0. The standard InChI is InChI=1S/C11H11N3O/c12-9-5-6-10-13-8-4-2-1-3-7(8)11(15)14(9)10/h1-4,9H,5-6,12H2. The van der Waals surface area contributed by atoms with Crippen LogP contribution in [0, 0.1) is 0 Å². The highest BCUT2D eigenvalue weighted by Gasteiger charge is 2.22. The van der Waals surface area contributed by atoms with E-state index in [1.165, 1.54) is 0 Å². The third-order valence-electron chi connectivity index (χ3n) is 2.88. The maximum Gasteiger partial charge on any atom is 0.262 e. The van der Waals surface area contributed by atoms with Crippen LogP contribution in [-0.2, 0) is 6.42 Å². The van der Waals surface area contributed by atoms with Gasteiger partial charge in [0.1, 0.15) is 5.82 Å². The second kappa shape index (κ2) is 2.90. The average molecular weight is 201 g/mol. The lowest BCUT2D eigenvalue weighted by Crippen LogP contribution is -2.28. The van der Waals surface area contributed by atoms with Crippen LogP contribution in [0.25, 0.3) is 10.9 Å². The van der Waals surface area contributed by atoms with Gasteiger partial charge in [-0.3, -0.25) is 9.36 Å². The zero-order valence-corrected chi connectivity index (χ0v) is 8.18. The molecule has 0 amide bonds. The molecule has 0 fully saturated rings. The minimum atomic E-state index is -0.204. The Hall–Kier alpha value is -1.68. The number of para-hydroxylation sites is 1. The zero-order chi connectivity index (χ0) is 10.4. The first-order valence-electron chi connectivity index (χ1n) is 5.03. The highest BCUT2D eigenvalue weighted by molar-refractivity contribution is 5.77. The van der Waals surface area contributed by atoms with Crippen molar-refractivity contribution >= 4 is 10.9 Å². The summed E-state index contributed by atoms with van der Waals surface area (Å²) < 4.78 is 1.61. The van der Waals surface area contributed by atoms with Gasteiger partial charge in [0.25, 0.3) is 5.56 Å². The Morgan fingerprint density at radius 2 is 2.20 bits per heavy atom. The summed E-state index contributed by atoms with van der Waals surface area (Å²) in [4.78, 5) is 16.5. The van der Waals surface area contributed by atoms with Gasteiger partial charge in [0.15, 0.2) is 0 Å². The van der Waals surface area contributed by atoms with Gasteiger partial charge in [-0.15, -0.1) is 0 Å². The molecule has 3 rings (SSSR count). The summed E-state index contributed by atoms with van der Waals surface area (Å²) in [5.74, 6) is 0.811. The van der Waals surface area contributed by atoms with Crippen LogP contribution in [0.4, 0.5) is 0 Å². The first kappa shape index (κ1) is 8.61. The van der Waals surface area contributed by atoms with Gasteiger partial charge in [0, 0.05) is 6.42 Å². The lowest BCUT2D eigenvalue weighted by molar-refractivity contribution is 0.536. The molecule has 2 aromatic rings. The summed E-state index contributed by atoms with van der Waals surface area (Å²) in [6, 6.07) is 7.39. The van der Waals surface area contributed by atoms with Crippen LogP contribution in [0.3, 0.4) is 0 Å². The van der Waals surface area contributed by atoms with Gasteiger partial charge in [0.2, 0.25) is 0 Å². The number of nitrogens with zero attached hydrogens (tertiary/aromatic N) is 2. The van der Waals surface area contributed by atoms with Gasteiger partial charge < -0.3 is 5.73 Å². The predicted octanol–water partition coefficient (Wildman–Crippen LogP) is 0.800. The summed E-state index contributed by atoms with van der Waals surface area (Å²) in [5.41, 5.74) is 6.61. The van der Waals surface area contributed by atoms with Crippen molar-refractivity contribution in [2.24, 2.45) is 5.73 Å². The van der Waals surface area contributed by atoms with Crippen LogP contribution in [0.1, 0.15) is 18.4 Å². The monoisotopic (exact) mass is 201 g/mol. The Labute approximate surface area is 86.4 Å². The lowest BCUT2D eigenvalue weighted by atomic mass is 10.2. The molecule has 1 atom stereocenters. The van der Waals surface area contributed by atoms with Gasteiger partial charge in [-0.25, -0.2) is 4.98 Å². The fraction of sp³-hybridized carbons (Fsp3) is 0.273. The van der Waals surface area contributed by atoms with Crippen molar-refractivity contribution in [3.8, 4) is 0 Å².